The molecule has 1 aliphatic rings. The van der Waals surface area contributed by atoms with Crippen molar-refractivity contribution in [1.82, 2.24) is 0 Å². The van der Waals surface area contributed by atoms with Gasteiger partial charge in [-0.3, -0.25) is 4.79 Å². The van der Waals surface area contributed by atoms with Gasteiger partial charge in [-0.15, -0.1) is 0 Å². The van der Waals surface area contributed by atoms with Gasteiger partial charge in [0.1, 0.15) is 0 Å². The molecule has 1 fully saturated rings. The number of methoxy groups -OCH3 is 2. The lowest BCUT2D eigenvalue weighted by Crippen LogP contribution is -2.64. The normalized spacial score (nSPS) is 27.9. The minimum absolute atomic E-state index is 0.0120. The summed E-state index contributed by atoms with van der Waals surface area (Å²) in [6.45, 7) is 6.75. The van der Waals surface area contributed by atoms with Gasteiger partial charge in [0.2, 0.25) is 12.9 Å². The van der Waals surface area contributed by atoms with Gasteiger partial charge in [-0.05, 0) is 20.3 Å². The lowest BCUT2D eigenvalue weighted by molar-refractivity contribution is -0.350. The number of aliphatic hydroxyl groups is 2. The largest absolute Gasteiger partial charge is 0.466 e. The second kappa shape index (κ2) is 12.2. The molecule has 1 aliphatic heterocycles. The van der Waals surface area contributed by atoms with Crippen molar-refractivity contribution < 1.29 is 42.9 Å². The molecule has 0 bridgehead atoms. The van der Waals surface area contributed by atoms with Gasteiger partial charge in [-0.2, -0.15) is 0 Å². The molecule has 2 N–H and O–H groups in total. The van der Waals surface area contributed by atoms with Crippen molar-refractivity contribution in [3.05, 3.63) is 11.6 Å². The van der Waals surface area contributed by atoms with Crippen LogP contribution in [0.25, 0.3) is 0 Å². The van der Waals surface area contributed by atoms with Crippen molar-refractivity contribution >= 4 is 30.9 Å². The summed E-state index contributed by atoms with van der Waals surface area (Å²) in [7, 11) is 2.62. The van der Waals surface area contributed by atoms with Crippen LogP contribution in [0.2, 0.25) is 0 Å². The highest BCUT2D eigenvalue weighted by Gasteiger charge is 2.60. The van der Waals surface area contributed by atoms with E-state index in [2.05, 4.69) is 0 Å². The molecule has 1 saturated heterocycles. The average Bonchev–Trinajstić information content (AvgIpc) is 2.74. The third-order valence-corrected chi connectivity index (χ3v) is 5.62. The molecule has 0 aromatic rings. The second-order valence-electron chi connectivity index (χ2n) is 8.09. The van der Waals surface area contributed by atoms with Gasteiger partial charge in [0.05, 0.1) is 32.0 Å². The number of aliphatic hydroxyl groups excluding tert-OH is 2. The molecule has 0 spiro atoms. The Kier molecular flexibility index (Phi) is 10.3. The van der Waals surface area contributed by atoms with E-state index in [9.17, 15) is 19.8 Å². The Hall–Kier alpha value is -1.11. The predicted octanol–water partition coefficient (Wildman–Crippen LogP) is 0.910. The van der Waals surface area contributed by atoms with Crippen LogP contribution in [0.1, 0.15) is 47.0 Å². The first kappa shape index (κ1) is 26.1. The van der Waals surface area contributed by atoms with Crippen LogP contribution in [-0.2, 0) is 32.7 Å². The van der Waals surface area contributed by atoms with Crippen LogP contribution >= 0.6 is 11.9 Å². The highest BCUT2D eigenvalue weighted by Crippen LogP contribution is 2.48. The topological polar surface area (TPSA) is 121 Å². The van der Waals surface area contributed by atoms with Crippen molar-refractivity contribution in [3.8, 4) is 0 Å². The Labute approximate surface area is 190 Å². The van der Waals surface area contributed by atoms with Crippen LogP contribution < -0.4 is 0 Å². The van der Waals surface area contributed by atoms with E-state index in [1.165, 1.54) is 27.2 Å². The molecule has 178 valence electrons. The van der Waals surface area contributed by atoms with Gasteiger partial charge < -0.3 is 33.3 Å². The van der Waals surface area contributed by atoms with Crippen LogP contribution in [0.15, 0.2) is 11.6 Å². The zero-order valence-electron chi connectivity index (χ0n) is 20.1. The van der Waals surface area contributed by atoms with Gasteiger partial charge in [0.25, 0.3) is 0 Å². The molecular formula is C20H35BO9S. The molecular weight excluding hydrogens is 427 g/mol. The summed E-state index contributed by atoms with van der Waals surface area (Å²) in [5.74, 6) is -2.75. The van der Waals surface area contributed by atoms with Crippen LogP contribution in [0.4, 0.5) is 0 Å². The number of ether oxygens (including phenoxy) is 4. The highest BCUT2D eigenvalue weighted by atomic mass is 32.2. The molecule has 0 aliphatic carbocycles. The number of hydrogen-bond acceptors (Lipinski definition) is 10. The Morgan fingerprint density at radius 3 is 2.65 bits per heavy atom. The van der Waals surface area contributed by atoms with Crippen LogP contribution in [0.3, 0.4) is 0 Å². The molecule has 11 heteroatoms. The summed E-state index contributed by atoms with van der Waals surface area (Å²) in [6.07, 6.45) is -2.32. The third kappa shape index (κ3) is 6.94. The van der Waals surface area contributed by atoms with Crippen molar-refractivity contribution in [2.24, 2.45) is 5.41 Å². The molecule has 1 heterocycles. The molecule has 1 rings (SSSR count). The first-order valence-electron chi connectivity index (χ1n) is 10.8. The average molecular weight is 464 g/mol. The lowest BCUT2D eigenvalue weighted by Gasteiger charge is -2.53. The SMILES string of the molecule is [3H]BSOCC(C)(C)[C@]1(OC)OC(C[C@@H](O)[C@@H](C)O)C/C(=C\C(=O)OC)[C@@H]1OC(=O)CC. The fourth-order valence-electron chi connectivity index (χ4n) is 3.51. The van der Waals surface area contributed by atoms with Gasteiger partial charge >= 0.3 is 11.9 Å². The number of carbonyl (C=O) groups excluding carboxylic acids is 2. The summed E-state index contributed by atoms with van der Waals surface area (Å²) in [6, 6.07) is 0. The molecule has 0 radical (unpaired) electrons. The van der Waals surface area contributed by atoms with Crippen LogP contribution in [0, 0.1) is 5.41 Å². The van der Waals surface area contributed by atoms with Gasteiger partial charge in [-0.1, -0.05) is 32.7 Å². The number of hydrogen-bond donors (Lipinski definition) is 2. The molecule has 5 atom stereocenters. The lowest BCUT2D eigenvalue weighted by atomic mass is 9.74. The van der Waals surface area contributed by atoms with E-state index in [1.54, 1.807) is 20.8 Å². The maximum Gasteiger partial charge on any atom is 0.330 e. The second-order valence-corrected chi connectivity index (χ2v) is 8.56. The smallest absolute Gasteiger partial charge is 0.330 e. The maximum atomic E-state index is 12.3. The van der Waals surface area contributed by atoms with Crippen molar-refractivity contribution in [3.63, 3.8) is 0 Å². The molecule has 0 aromatic heterocycles. The number of rotatable bonds is 12. The van der Waals surface area contributed by atoms with Crippen molar-refractivity contribution in [2.45, 2.75) is 77.2 Å². The van der Waals surface area contributed by atoms with E-state index in [4.69, 9.17) is 24.5 Å². The minimum atomic E-state index is -1.60. The predicted molar refractivity (Wildman–Crippen MR) is 118 cm³/mol. The van der Waals surface area contributed by atoms with Crippen molar-refractivity contribution in [2.75, 3.05) is 20.8 Å². The summed E-state index contributed by atoms with van der Waals surface area (Å²) in [4.78, 5) is 24.4. The van der Waals surface area contributed by atoms with Gasteiger partial charge in [0, 0.05) is 31.4 Å². The standard InChI is InChI=1S/C20H35BO9S/c1-7-16(24)29-18-13(9-17(25)26-5)8-14(10-15(23)12(2)22)30-20(18,27-6)19(3,4)11-28-31-21/h9,12,14-15,18,22-23H,7-8,10-11,21H2,1-6H3/b13-9+/t12-,14?,15-,18+,20-/m1/s1/i21T. The van der Waals surface area contributed by atoms with E-state index in [-0.39, 0.29) is 33.0 Å². The fraction of sp³-hybridized carbons (Fsp3) is 0.800. The molecule has 0 amide bonds. The van der Waals surface area contributed by atoms with E-state index < -0.39 is 47.6 Å². The van der Waals surface area contributed by atoms with E-state index in [0.717, 1.165) is 11.9 Å². The van der Waals surface area contributed by atoms with E-state index in [0.29, 0.717) is 5.57 Å². The number of carbonyl (C=O) groups is 2. The molecule has 1 unspecified atom stereocenters. The zero-order valence-corrected chi connectivity index (χ0v) is 19.9. The maximum absolute atomic E-state index is 12.3. The first-order valence-corrected chi connectivity index (χ1v) is 11.0. The first-order chi connectivity index (χ1) is 15.0. The minimum Gasteiger partial charge on any atom is -0.466 e. The van der Waals surface area contributed by atoms with Crippen LogP contribution in [0.5, 0.6) is 0 Å². The fourth-order valence-corrected chi connectivity index (χ4v) is 3.89. The quantitative estimate of drug-likeness (QED) is 0.142. The summed E-state index contributed by atoms with van der Waals surface area (Å²) in [5.41, 5.74) is -0.539. The Morgan fingerprint density at radius 2 is 2.13 bits per heavy atom. The van der Waals surface area contributed by atoms with E-state index in [1.807, 2.05) is 0 Å². The van der Waals surface area contributed by atoms with Gasteiger partial charge in [-0.25, -0.2) is 4.79 Å². The van der Waals surface area contributed by atoms with E-state index >= 15 is 0 Å². The molecule has 0 aromatic carbocycles. The van der Waals surface area contributed by atoms with Crippen molar-refractivity contribution in [1.29, 1.82) is 1.34 Å². The molecule has 9 nitrogen and oxygen atoms in total. The van der Waals surface area contributed by atoms with Crippen LogP contribution in [-0.4, -0.2) is 81.6 Å². The third-order valence-electron chi connectivity index (χ3n) is 5.34. The van der Waals surface area contributed by atoms with Gasteiger partial charge in [0.15, 0.2) is 6.10 Å². The highest BCUT2D eigenvalue weighted by molar-refractivity contribution is 8.15. The summed E-state index contributed by atoms with van der Waals surface area (Å²) < 4.78 is 35.5. The Morgan fingerprint density at radius 1 is 1.45 bits per heavy atom. The monoisotopic (exact) mass is 464 g/mol. The molecule has 0 saturated carbocycles. The summed E-state index contributed by atoms with van der Waals surface area (Å²) in [5, 5.41) is 20.0. The zero-order chi connectivity index (χ0) is 24.5. The summed E-state index contributed by atoms with van der Waals surface area (Å²) >= 11 is 0.944. The Bertz CT molecular complexity index is 661. The Balaban J connectivity index is 3.55. The molecule has 31 heavy (non-hydrogen) atoms. The number of esters is 2.